The van der Waals surface area contributed by atoms with Gasteiger partial charge in [0.25, 0.3) is 0 Å². The molecule has 20 heavy (non-hydrogen) atoms. The van der Waals surface area contributed by atoms with Gasteiger partial charge in [-0.2, -0.15) is 0 Å². The number of aliphatic imine (C=N–C) groups is 1. The van der Waals surface area contributed by atoms with Crippen LogP contribution in [0.15, 0.2) is 58.6 Å². The molecule has 2 rings (SSSR count). The van der Waals surface area contributed by atoms with E-state index in [2.05, 4.69) is 4.99 Å². The van der Waals surface area contributed by atoms with E-state index in [9.17, 15) is 4.79 Å². The minimum atomic E-state index is -0.408. The summed E-state index contributed by atoms with van der Waals surface area (Å²) < 4.78 is 0. The van der Waals surface area contributed by atoms with Crippen molar-refractivity contribution < 1.29 is 4.79 Å². The van der Waals surface area contributed by atoms with Crippen LogP contribution in [0.5, 0.6) is 0 Å². The first-order valence-corrected chi connectivity index (χ1v) is 6.79. The Morgan fingerprint density at radius 3 is 2.60 bits per heavy atom. The number of hydrogen-bond donors (Lipinski definition) is 0. The summed E-state index contributed by atoms with van der Waals surface area (Å²) in [5.41, 5.74) is 1.42. The van der Waals surface area contributed by atoms with E-state index in [1.165, 1.54) is 0 Å². The van der Waals surface area contributed by atoms with E-state index in [4.69, 9.17) is 11.6 Å². The summed E-state index contributed by atoms with van der Waals surface area (Å²) in [5.74, 6) is -0.388. The molecule has 0 radical (unpaired) electrons. The van der Waals surface area contributed by atoms with Gasteiger partial charge >= 0.3 is 0 Å². The molecule has 0 aliphatic heterocycles. The average Bonchev–Trinajstić information content (AvgIpc) is 2.46. The first kappa shape index (κ1) is 14.7. The number of nitrogens with zero attached hydrogens (tertiary/aromatic N) is 2. The SMILES string of the molecule is CN(C)CN=C1C=CC(Cl)=CC1C(=O)c1ccccc1. The van der Waals surface area contributed by atoms with Gasteiger partial charge in [0.15, 0.2) is 5.78 Å². The lowest BCUT2D eigenvalue weighted by Crippen LogP contribution is -2.25. The molecular weight excluding hydrogens is 272 g/mol. The number of allylic oxidation sites excluding steroid dienone is 4. The van der Waals surface area contributed by atoms with Gasteiger partial charge in [-0.15, -0.1) is 0 Å². The highest BCUT2D eigenvalue weighted by molar-refractivity contribution is 6.33. The third-order valence-corrected chi connectivity index (χ3v) is 3.19. The van der Waals surface area contributed by atoms with Gasteiger partial charge in [0.1, 0.15) is 0 Å². The van der Waals surface area contributed by atoms with Crippen molar-refractivity contribution in [3.63, 3.8) is 0 Å². The zero-order valence-electron chi connectivity index (χ0n) is 11.6. The minimum Gasteiger partial charge on any atom is -0.293 e. The van der Waals surface area contributed by atoms with Gasteiger partial charge in [0.05, 0.1) is 18.3 Å². The van der Waals surface area contributed by atoms with Crippen molar-refractivity contribution in [2.45, 2.75) is 0 Å². The number of carbonyl (C=O) groups is 1. The first-order chi connectivity index (χ1) is 9.58. The second kappa shape index (κ2) is 6.64. The maximum atomic E-state index is 12.6. The molecule has 0 N–H and O–H groups in total. The zero-order valence-corrected chi connectivity index (χ0v) is 12.3. The van der Waals surface area contributed by atoms with Crippen molar-refractivity contribution in [1.29, 1.82) is 0 Å². The molecule has 0 spiro atoms. The molecule has 1 aromatic carbocycles. The number of carbonyl (C=O) groups excluding carboxylic acids is 1. The highest BCUT2D eigenvalue weighted by atomic mass is 35.5. The van der Waals surface area contributed by atoms with Gasteiger partial charge < -0.3 is 0 Å². The fourth-order valence-electron chi connectivity index (χ4n) is 1.93. The summed E-state index contributed by atoms with van der Waals surface area (Å²) in [5, 5.41) is 0.572. The molecule has 3 nitrogen and oxygen atoms in total. The standard InChI is InChI=1S/C16H17ClN2O/c1-19(2)11-18-15-9-8-13(17)10-14(15)16(20)12-6-4-3-5-7-12/h3-10,14H,11H2,1-2H3. The van der Waals surface area contributed by atoms with E-state index < -0.39 is 5.92 Å². The molecule has 1 atom stereocenters. The summed E-state index contributed by atoms with van der Waals surface area (Å²) in [6.45, 7) is 0.545. The molecule has 1 aliphatic carbocycles. The second-order valence-electron chi connectivity index (χ2n) is 4.90. The van der Waals surface area contributed by atoms with Crippen LogP contribution in [-0.4, -0.2) is 37.2 Å². The lowest BCUT2D eigenvalue weighted by Gasteiger charge is -2.17. The van der Waals surface area contributed by atoms with Gasteiger partial charge in [-0.05, 0) is 32.3 Å². The van der Waals surface area contributed by atoms with E-state index >= 15 is 0 Å². The first-order valence-electron chi connectivity index (χ1n) is 6.41. The molecular formula is C16H17ClN2O. The Hall–Kier alpha value is -1.71. The molecule has 1 aliphatic rings. The third-order valence-electron chi connectivity index (χ3n) is 2.93. The quantitative estimate of drug-likeness (QED) is 0.798. The fourth-order valence-corrected chi connectivity index (χ4v) is 2.12. The van der Waals surface area contributed by atoms with Crippen molar-refractivity contribution in [1.82, 2.24) is 4.90 Å². The third kappa shape index (κ3) is 3.65. The predicted molar refractivity (Wildman–Crippen MR) is 83.3 cm³/mol. The van der Waals surface area contributed by atoms with Gasteiger partial charge in [-0.25, -0.2) is 0 Å². The molecule has 0 bridgehead atoms. The maximum absolute atomic E-state index is 12.6. The van der Waals surface area contributed by atoms with Crippen LogP contribution < -0.4 is 0 Å². The van der Waals surface area contributed by atoms with Crippen molar-refractivity contribution in [2.24, 2.45) is 10.9 Å². The highest BCUT2D eigenvalue weighted by Crippen LogP contribution is 2.21. The van der Waals surface area contributed by atoms with Crippen LogP contribution >= 0.6 is 11.6 Å². The molecule has 1 unspecified atom stereocenters. The van der Waals surface area contributed by atoms with E-state index in [-0.39, 0.29) is 5.78 Å². The predicted octanol–water partition coefficient (Wildman–Crippen LogP) is 3.14. The van der Waals surface area contributed by atoms with E-state index in [1.807, 2.05) is 55.4 Å². The van der Waals surface area contributed by atoms with Crippen LogP contribution in [0, 0.1) is 5.92 Å². The maximum Gasteiger partial charge on any atom is 0.175 e. The van der Waals surface area contributed by atoms with Crippen LogP contribution in [0.4, 0.5) is 0 Å². The fraction of sp³-hybridized carbons (Fsp3) is 0.250. The average molecular weight is 289 g/mol. The van der Waals surface area contributed by atoms with Crippen LogP contribution in [0.3, 0.4) is 0 Å². The Balaban J connectivity index is 2.28. The lowest BCUT2D eigenvalue weighted by molar-refractivity contribution is 0.0972. The molecule has 0 aromatic heterocycles. The monoisotopic (exact) mass is 288 g/mol. The Kier molecular flexibility index (Phi) is 4.88. The highest BCUT2D eigenvalue weighted by Gasteiger charge is 2.24. The summed E-state index contributed by atoms with van der Waals surface area (Å²) in [6, 6.07) is 9.22. The van der Waals surface area contributed by atoms with Gasteiger partial charge in [0.2, 0.25) is 0 Å². The van der Waals surface area contributed by atoms with Crippen LogP contribution in [-0.2, 0) is 0 Å². The number of benzene rings is 1. The van der Waals surface area contributed by atoms with Gasteiger partial charge in [0, 0.05) is 10.6 Å². The molecule has 0 fully saturated rings. The molecule has 0 heterocycles. The number of halogens is 1. The molecule has 0 amide bonds. The van der Waals surface area contributed by atoms with E-state index in [0.717, 1.165) is 5.71 Å². The number of rotatable bonds is 4. The summed E-state index contributed by atoms with van der Waals surface area (Å²) in [7, 11) is 3.88. The smallest absolute Gasteiger partial charge is 0.175 e. The normalized spacial score (nSPS) is 20.3. The van der Waals surface area contributed by atoms with Crippen LogP contribution in [0.2, 0.25) is 0 Å². The number of ketones is 1. The molecule has 0 saturated heterocycles. The lowest BCUT2D eigenvalue weighted by atomic mass is 9.90. The van der Waals surface area contributed by atoms with Crippen LogP contribution in [0.25, 0.3) is 0 Å². The Labute approximate surface area is 124 Å². The van der Waals surface area contributed by atoms with Gasteiger partial charge in [-0.1, -0.05) is 41.9 Å². The van der Waals surface area contributed by atoms with Crippen molar-refractivity contribution in [3.8, 4) is 0 Å². The van der Waals surface area contributed by atoms with Crippen molar-refractivity contribution in [3.05, 3.63) is 59.2 Å². The summed E-state index contributed by atoms with van der Waals surface area (Å²) in [6.07, 6.45) is 5.34. The summed E-state index contributed by atoms with van der Waals surface area (Å²) >= 11 is 6.03. The Morgan fingerprint density at radius 1 is 1.25 bits per heavy atom. The molecule has 104 valence electrons. The number of Topliss-reactive ketones (excluding diaryl/α,β-unsaturated/α-hetero) is 1. The zero-order chi connectivity index (χ0) is 14.5. The van der Waals surface area contributed by atoms with E-state index in [1.54, 1.807) is 12.2 Å². The molecule has 4 heteroatoms. The van der Waals surface area contributed by atoms with Crippen molar-refractivity contribution in [2.75, 3.05) is 20.8 Å². The second-order valence-corrected chi connectivity index (χ2v) is 5.33. The van der Waals surface area contributed by atoms with Crippen molar-refractivity contribution >= 4 is 23.1 Å². The molecule has 0 saturated carbocycles. The van der Waals surface area contributed by atoms with E-state index in [0.29, 0.717) is 17.3 Å². The molecule has 1 aromatic rings. The van der Waals surface area contributed by atoms with Gasteiger partial charge in [-0.3, -0.25) is 14.7 Å². The van der Waals surface area contributed by atoms with Crippen LogP contribution in [0.1, 0.15) is 10.4 Å². The number of hydrogen-bond acceptors (Lipinski definition) is 3. The minimum absolute atomic E-state index is 0.0191. The largest absolute Gasteiger partial charge is 0.293 e. The Bertz CT molecular complexity index is 573. The topological polar surface area (TPSA) is 32.7 Å². The summed E-state index contributed by atoms with van der Waals surface area (Å²) in [4.78, 5) is 19.0. The Morgan fingerprint density at radius 2 is 1.95 bits per heavy atom.